The molecule has 4 aliphatic rings. The van der Waals surface area contributed by atoms with Gasteiger partial charge in [0.2, 0.25) is 17.7 Å². The van der Waals surface area contributed by atoms with Gasteiger partial charge in [-0.2, -0.15) is 15.5 Å². The van der Waals surface area contributed by atoms with Crippen molar-refractivity contribution in [3.63, 3.8) is 0 Å². The molecule has 1 atom stereocenters. The van der Waals surface area contributed by atoms with Gasteiger partial charge in [0.15, 0.2) is 0 Å². The number of piperidine rings is 3. The van der Waals surface area contributed by atoms with Crippen LogP contribution in [0.25, 0.3) is 28.0 Å². The number of hydrogen-bond donors (Lipinski definition) is 3. The van der Waals surface area contributed by atoms with Crippen molar-refractivity contribution in [1.29, 1.82) is 5.26 Å². The number of nitriles is 1. The van der Waals surface area contributed by atoms with Gasteiger partial charge in [-0.1, -0.05) is 13.0 Å². The van der Waals surface area contributed by atoms with Crippen molar-refractivity contribution in [3.05, 3.63) is 78.3 Å². The summed E-state index contributed by atoms with van der Waals surface area (Å²) >= 11 is 0. The normalized spacial score (nSPS) is 22.1. The summed E-state index contributed by atoms with van der Waals surface area (Å²) in [6.45, 7) is 9.43. The molecule has 64 heavy (non-hydrogen) atoms. The van der Waals surface area contributed by atoms with Gasteiger partial charge in [0.05, 0.1) is 41.4 Å². The monoisotopic (exact) mass is 868 g/mol. The molecule has 0 bridgehead atoms. The summed E-state index contributed by atoms with van der Waals surface area (Å²) in [6, 6.07) is 11.7. The average Bonchev–Trinajstić information content (AvgIpc) is 3.98. The zero-order chi connectivity index (χ0) is 44.5. The molecule has 3 N–H and O–H groups in total. The summed E-state index contributed by atoms with van der Waals surface area (Å²) < 4.78 is 19.2. The molecule has 0 radical (unpaired) electrons. The molecule has 0 spiro atoms. The summed E-state index contributed by atoms with van der Waals surface area (Å²) in [6.07, 6.45) is 18.1. The largest absolute Gasteiger partial charge is 0.374 e. The van der Waals surface area contributed by atoms with Gasteiger partial charge in [-0.25, -0.2) is 18.9 Å². The Balaban J connectivity index is 0.816. The number of nitrogens with one attached hydrogen (secondary N) is 3. The molecule has 1 unspecified atom stereocenters. The van der Waals surface area contributed by atoms with E-state index in [1.165, 1.54) is 6.07 Å². The first kappa shape index (κ1) is 43.1. The molecular weight excluding hydrogens is 812 g/mol. The predicted molar refractivity (Wildman–Crippen MR) is 241 cm³/mol. The Morgan fingerprint density at radius 3 is 2.38 bits per heavy atom. The van der Waals surface area contributed by atoms with Gasteiger partial charge in [-0.15, -0.1) is 0 Å². The third kappa shape index (κ3) is 8.69. The fraction of sp³-hybridized carbons (Fsp3) is 0.500. The molecule has 5 aromatic rings. The highest BCUT2D eigenvalue weighted by molar-refractivity contribution is 6.01. The van der Waals surface area contributed by atoms with Crippen LogP contribution in [-0.4, -0.2) is 96.3 Å². The van der Waals surface area contributed by atoms with Gasteiger partial charge >= 0.3 is 0 Å². The summed E-state index contributed by atoms with van der Waals surface area (Å²) in [5.41, 5.74) is 4.94. The molecule has 1 aromatic carbocycles. The van der Waals surface area contributed by atoms with Gasteiger partial charge in [-0.05, 0) is 127 Å². The molecule has 16 heteroatoms. The van der Waals surface area contributed by atoms with Gasteiger partial charge in [-0.3, -0.25) is 24.4 Å². The molecule has 4 aromatic heterocycles. The molecule has 15 nitrogen and oxygen atoms in total. The highest BCUT2D eigenvalue weighted by Gasteiger charge is 2.40. The lowest BCUT2D eigenvalue weighted by molar-refractivity contribution is -0.134. The van der Waals surface area contributed by atoms with Crippen LogP contribution in [0, 0.1) is 22.6 Å². The van der Waals surface area contributed by atoms with Crippen molar-refractivity contribution in [3.8, 4) is 28.6 Å². The van der Waals surface area contributed by atoms with Gasteiger partial charge in [0.1, 0.15) is 34.8 Å². The van der Waals surface area contributed by atoms with E-state index in [0.29, 0.717) is 40.6 Å². The number of likely N-dealkylation sites (tertiary alicyclic amines) is 1. The summed E-state index contributed by atoms with van der Waals surface area (Å²) in [4.78, 5) is 51.6. The summed E-state index contributed by atoms with van der Waals surface area (Å²) in [5.74, 6) is 0.229. The number of carbonyl (C=O) groups excluding carboxylic acids is 3. The minimum atomic E-state index is -0.547. The molecule has 3 aliphatic heterocycles. The zero-order valence-corrected chi connectivity index (χ0v) is 36.9. The zero-order valence-electron chi connectivity index (χ0n) is 36.9. The number of amides is 3. The van der Waals surface area contributed by atoms with Crippen molar-refractivity contribution in [2.45, 2.75) is 121 Å². The number of anilines is 2. The van der Waals surface area contributed by atoms with Crippen molar-refractivity contribution < 1.29 is 18.8 Å². The molecule has 1 saturated carbocycles. The van der Waals surface area contributed by atoms with E-state index < -0.39 is 6.04 Å². The van der Waals surface area contributed by atoms with Crippen LogP contribution in [0.2, 0.25) is 0 Å². The number of halogens is 1. The Hall–Kier alpha value is -6.21. The van der Waals surface area contributed by atoms with E-state index >= 15 is 4.39 Å². The smallest absolute Gasteiger partial charge is 0.249 e. The van der Waals surface area contributed by atoms with Crippen LogP contribution < -0.4 is 20.9 Å². The van der Waals surface area contributed by atoms with E-state index in [0.717, 1.165) is 106 Å². The second-order valence-electron chi connectivity index (χ2n) is 18.5. The number of imide groups is 1. The number of aromatic nitrogens is 6. The Bertz CT molecular complexity index is 2560. The van der Waals surface area contributed by atoms with Crippen LogP contribution in [0.15, 0.2) is 61.3 Å². The van der Waals surface area contributed by atoms with Crippen LogP contribution in [0.3, 0.4) is 0 Å². The van der Waals surface area contributed by atoms with Crippen molar-refractivity contribution in [1.82, 2.24) is 44.9 Å². The van der Waals surface area contributed by atoms with E-state index in [9.17, 15) is 19.6 Å². The molecule has 1 aliphatic carbocycles. The molecule has 4 fully saturated rings. The van der Waals surface area contributed by atoms with Crippen molar-refractivity contribution >= 4 is 34.7 Å². The van der Waals surface area contributed by atoms with E-state index in [2.05, 4.69) is 54.7 Å². The maximum Gasteiger partial charge on any atom is 0.249 e. The van der Waals surface area contributed by atoms with Crippen LogP contribution in [0.4, 0.5) is 15.9 Å². The number of hydrogen-bond acceptors (Lipinski definition) is 11. The predicted octanol–water partition coefficient (Wildman–Crippen LogP) is 6.77. The molecule has 334 valence electrons. The number of fused-ring (bicyclic) bond motifs is 1. The number of benzene rings is 1. The van der Waals surface area contributed by atoms with E-state index in [1.807, 2.05) is 56.7 Å². The third-order valence-electron chi connectivity index (χ3n) is 14.3. The fourth-order valence-corrected chi connectivity index (χ4v) is 10.4. The SMILES string of the molecule is CCC1(C(=O)NC(C)C)CCN(c2ccc(-c3nc(-c4cnn([C@H]5CC[C@@H](N6CCC(c7ccc(NC8CCC(=O)NC8=O)cc7F)CC6)CC5)c4)cn4ncc(C#N)c34)cn2)CC1. The Labute approximate surface area is 372 Å². The first-order valence-corrected chi connectivity index (χ1v) is 23.0. The first-order valence-electron chi connectivity index (χ1n) is 23.0. The number of pyridine rings is 1. The second-order valence-corrected chi connectivity index (χ2v) is 18.5. The fourth-order valence-electron chi connectivity index (χ4n) is 10.4. The standard InChI is InChI=1S/C48H57FN12O3/c1-4-48(47(64)54-30(2)3)17-21-59(22-18-48)42-13-5-32(25-51-42)44-45-33(24-50)26-53-61(45)29-41(56-44)34-27-52-60(28-34)37-9-7-36(8-10-37)58-19-15-31(16-20-58)38-11-6-35(23-39(38)49)55-40-12-14-43(62)57-46(40)63/h5-6,11,13,23,25-31,36-37,40,55H,4,7-10,12,14-22H2,1-3H3,(H,54,64)(H,57,62,63)/t36-,37+,40?. The molecule has 7 heterocycles. The lowest BCUT2D eigenvalue weighted by atomic mass is 9.75. The van der Waals surface area contributed by atoms with E-state index in [-0.39, 0.29) is 53.4 Å². The van der Waals surface area contributed by atoms with E-state index in [1.54, 1.807) is 10.7 Å². The second kappa shape index (κ2) is 18.1. The van der Waals surface area contributed by atoms with Crippen LogP contribution in [0.1, 0.15) is 114 Å². The number of rotatable bonds is 11. The lowest BCUT2D eigenvalue weighted by Gasteiger charge is -2.41. The number of nitrogens with zero attached hydrogens (tertiary/aromatic N) is 9. The maximum absolute atomic E-state index is 15.4. The quantitative estimate of drug-likeness (QED) is 0.119. The average molecular weight is 869 g/mol. The van der Waals surface area contributed by atoms with E-state index in [4.69, 9.17) is 15.1 Å². The molecule has 9 rings (SSSR count). The number of carbonyl (C=O) groups is 3. The van der Waals surface area contributed by atoms with Crippen molar-refractivity contribution in [2.75, 3.05) is 36.4 Å². The Kier molecular flexibility index (Phi) is 12.2. The third-order valence-corrected chi connectivity index (χ3v) is 14.3. The lowest BCUT2D eigenvalue weighted by Crippen LogP contribution is -2.50. The van der Waals surface area contributed by atoms with Crippen LogP contribution >= 0.6 is 0 Å². The topological polar surface area (TPSA) is 178 Å². The summed E-state index contributed by atoms with van der Waals surface area (Å²) in [7, 11) is 0. The molecule has 3 saturated heterocycles. The summed E-state index contributed by atoms with van der Waals surface area (Å²) in [5, 5.41) is 27.9. The maximum atomic E-state index is 15.4. The Morgan fingerprint density at radius 1 is 0.938 bits per heavy atom. The van der Waals surface area contributed by atoms with Crippen LogP contribution in [-0.2, 0) is 14.4 Å². The van der Waals surface area contributed by atoms with Crippen molar-refractivity contribution in [2.24, 2.45) is 5.41 Å². The highest BCUT2D eigenvalue weighted by atomic mass is 19.1. The Morgan fingerprint density at radius 2 is 1.70 bits per heavy atom. The van der Waals surface area contributed by atoms with Gasteiger partial charge < -0.3 is 20.4 Å². The highest BCUT2D eigenvalue weighted by Crippen LogP contribution is 2.39. The molecular formula is C48H57FN12O3. The van der Waals surface area contributed by atoms with Gasteiger partial charge in [0.25, 0.3) is 0 Å². The van der Waals surface area contributed by atoms with Crippen LogP contribution in [0.5, 0.6) is 0 Å². The first-order chi connectivity index (χ1) is 31.0. The van der Waals surface area contributed by atoms with Gasteiger partial charge in [0, 0.05) is 60.8 Å². The minimum absolute atomic E-state index is 0.108. The molecule has 3 amide bonds. The minimum Gasteiger partial charge on any atom is -0.374 e.